The van der Waals surface area contributed by atoms with Crippen molar-refractivity contribution in [2.24, 2.45) is 0 Å². The minimum absolute atomic E-state index is 0.660. The molecule has 0 rings (SSSR count). The van der Waals surface area contributed by atoms with Crippen LogP contribution in [0.3, 0.4) is 0 Å². The summed E-state index contributed by atoms with van der Waals surface area (Å²) in [6, 6.07) is 0. The van der Waals surface area contributed by atoms with Gasteiger partial charge >= 0.3 is 73.2 Å². The van der Waals surface area contributed by atoms with Crippen molar-refractivity contribution < 1.29 is 9.79 Å². The third-order valence-electron chi connectivity index (χ3n) is 1.71. The summed E-state index contributed by atoms with van der Waals surface area (Å²) < 4.78 is -2.67. The van der Waals surface area contributed by atoms with Gasteiger partial charge in [0.05, 0.1) is 0 Å². The van der Waals surface area contributed by atoms with Crippen molar-refractivity contribution in [3.8, 4) is 0 Å². The molecule has 0 saturated carbocycles. The number of rotatable bonds is 3. The predicted octanol–water partition coefficient (Wildman–Crippen LogP) is 2.48. The fourth-order valence-corrected chi connectivity index (χ4v) is 2.95. The second-order valence-electron chi connectivity index (χ2n) is 2.24. The predicted molar refractivity (Wildman–Crippen MR) is 57.3 cm³/mol. The van der Waals surface area contributed by atoms with Gasteiger partial charge < -0.3 is 0 Å². The van der Waals surface area contributed by atoms with Gasteiger partial charge in [-0.3, -0.25) is 0 Å². The molecule has 2 N–H and O–H groups in total. The molecule has 0 atom stereocenters. The zero-order valence-electron chi connectivity index (χ0n) is 6.10. The van der Waals surface area contributed by atoms with E-state index in [2.05, 4.69) is 24.5 Å². The van der Waals surface area contributed by atoms with Crippen molar-refractivity contribution in [1.29, 1.82) is 0 Å². The van der Waals surface area contributed by atoms with Crippen LogP contribution in [0, 0.1) is 0 Å². The molecule has 0 aromatic rings. The molecule has 0 aliphatic rings. The van der Waals surface area contributed by atoms with Crippen LogP contribution in [0.2, 0.25) is 0 Å². The molecule has 0 heterocycles. The molecular weight excluding hydrogens is 206 g/mol. The SMILES string of the molecule is CCP(S)(S)(CC)P(O)O. The molecule has 0 aromatic carbocycles. The van der Waals surface area contributed by atoms with Crippen molar-refractivity contribution in [3.05, 3.63) is 0 Å². The third kappa shape index (κ3) is 2.23. The Hall–Kier alpha value is 1.48. The summed E-state index contributed by atoms with van der Waals surface area (Å²) in [4.78, 5) is 18.1. The van der Waals surface area contributed by atoms with Gasteiger partial charge in [0.2, 0.25) is 0 Å². The Balaban J connectivity index is 4.51. The Labute approximate surface area is 73.5 Å². The summed E-state index contributed by atoms with van der Waals surface area (Å²) in [6.07, 6.45) is 1.32. The standard InChI is InChI=1S/C4H14O2P2S2/c1-3-8(9,10,4-2)7(5)6/h5-6,9-10H,3-4H2,1-2H3. The fourth-order valence-electron chi connectivity index (χ4n) is 0.477. The molecular formula is C4H14O2P2S2. The fraction of sp³-hybridized carbons (Fsp3) is 1.00. The monoisotopic (exact) mass is 220 g/mol. The van der Waals surface area contributed by atoms with Gasteiger partial charge in [0.1, 0.15) is 0 Å². The van der Waals surface area contributed by atoms with Crippen molar-refractivity contribution in [2.45, 2.75) is 13.8 Å². The van der Waals surface area contributed by atoms with Gasteiger partial charge in [-0.25, -0.2) is 0 Å². The molecule has 0 fully saturated rings. The number of thiol groups is 2. The quantitative estimate of drug-likeness (QED) is 0.436. The molecule has 64 valence electrons. The van der Waals surface area contributed by atoms with Crippen LogP contribution >= 0.6 is 37.3 Å². The van der Waals surface area contributed by atoms with Crippen LogP contribution in [0.5, 0.6) is 0 Å². The molecule has 0 amide bonds. The summed E-state index contributed by atoms with van der Waals surface area (Å²) in [7, 11) is -1.97. The first kappa shape index (κ1) is 11.5. The molecule has 2 nitrogen and oxygen atoms in total. The third-order valence-corrected chi connectivity index (χ3v) is 15.6. The molecule has 0 aliphatic heterocycles. The van der Waals surface area contributed by atoms with E-state index in [4.69, 9.17) is 9.79 Å². The first-order valence-electron chi connectivity index (χ1n) is 3.05. The summed E-state index contributed by atoms with van der Waals surface area (Å²) in [5.74, 6) is 0. The Morgan fingerprint density at radius 1 is 1.20 bits per heavy atom. The van der Waals surface area contributed by atoms with E-state index < -0.39 is 12.8 Å². The first-order chi connectivity index (χ1) is 4.35. The van der Waals surface area contributed by atoms with Crippen LogP contribution < -0.4 is 0 Å². The summed E-state index contributed by atoms with van der Waals surface area (Å²) in [5, 5.41) is 0. The van der Waals surface area contributed by atoms with Gasteiger partial charge in [0, 0.05) is 0 Å². The summed E-state index contributed by atoms with van der Waals surface area (Å²) in [6.45, 7) is 3.78. The molecule has 0 saturated heterocycles. The Bertz CT molecular complexity index is 120. The Morgan fingerprint density at radius 3 is 1.50 bits per heavy atom. The van der Waals surface area contributed by atoms with Crippen LogP contribution in [-0.2, 0) is 0 Å². The van der Waals surface area contributed by atoms with Gasteiger partial charge in [0.25, 0.3) is 0 Å². The molecule has 0 aromatic heterocycles. The van der Waals surface area contributed by atoms with E-state index in [0.29, 0.717) is 12.3 Å². The van der Waals surface area contributed by atoms with E-state index in [1.54, 1.807) is 0 Å². The first-order valence-corrected chi connectivity index (χ1v) is 9.91. The Morgan fingerprint density at radius 2 is 1.50 bits per heavy atom. The molecule has 0 bridgehead atoms. The van der Waals surface area contributed by atoms with Crippen LogP contribution in [0.1, 0.15) is 13.8 Å². The van der Waals surface area contributed by atoms with Crippen molar-refractivity contribution in [2.75, 3.05) is 12.3 Å². The van der Waals surface area contributed by atoms with E-state index in [9.17, 15) is 0 Å². The van der Waals surface area contributed by atoms with Gasteiger partial charge in [-0.1, -0.05) is 0 Å². The summed E-state index contributed by atoms with van der Waals surface area (Å²) >= 11 is 8.59. The van der Waals surface area contributed by atoms with Crippen LogP contribution in [-0.4, -0.2) is 22.1 Å². The van der Waals surface area contributed by atoms with E-state index >= 15 is 0 Å². The Kier molecular flexibility index (Phi) is 3.98. The second kappa shape index (κ2) is 3.47. The molecule has 0 radical (unpaired) electrons. The molecule has 10 heavy (non-hydrogen) atoms. The van der Waals surface area contributed by atoms with Crippen LogP contribution in [0.25, 0.3) is 0 Å². The van der Waals surface area contributed by atoms with E-state index in [1.165, 1.54) is 0 Å². The zero-order chi connectivity index (χ0) is 8.44. The number of hydrogen-bond acceptors (Lipinski definition) is 4. The van der Waals surface area contributed by atoms with Gasteiger partial charge in [-0.05, 0) is 0 Å². The maximum atomic E-state index is 9.06. The topological polar surface area (TPSA) is 40.5 Å². The van der Waals surface area contributed by atoms with E-state index in [-0.39, 0.29) is 0 Å². The van der Waals surface area contributed by atoms with Crippen molar-refractivity contribution in [3.63, 3.8) is 0 Å². The van der Waals surface area contributed by atoms with E-state index in [1.807, 2.05) is 13.8 Å². The van der Waals surface area contributed by atoms with Gasteiger partial charge in [0.15, 0.2) is 0 Å². The molecule has 6 heteroatoms. The molecule has 0 unspecified atom stereocenters. The van der Waals surface area contributed by atoms with Gasteiger partial charge in [-0.2, -0.15) is 0 Å². The van der Waals surface area contributed by atoms with Crippen LogP contribution in [0.15, 0.2) is 0 Å². The summed E-state index contributed by atoms with van der Waals surface area (Å²) in [5.41, 5.74) is 0. The van der Waals surface area contributed by atoms with E-state index in [0.717, 1.165) is 0 Å². The van der Waals surface area contributed by atoms with Crippen LogP contribution in [0.4, 0.5) is 0 Å². The van der Waals surface area contributed by atoms with Gasteiger partial charge in [-0.15, -0.1) is 0 Å². The minimum atomic E-state index is -2.67. The van der Waals surface area contributed by atoms with Crippen molar-refractivity contribution in [1.82, 2.24) is 0 Å². The maximum absolute atomic E-state index is 9.06. The number of hydrogen-bond donors (Lipinski definition) is 4. The molecule has 0 spiro atoms. The van der Waals surface area contributed by atoms with Crippen molar-refractivity contribution >= 4 is 37.3 Å². The average molecular weight is 220 g/mol. The molecule has 0 aliphatic carbocycles. The second-order valence-corrected chi connectivity index (χ2v) is 19.3. The zero-order valence-corrected chi connectivity index (χ0v) is 9.68. The average Bonchev–Trinajstić information content (AvgIpc) is 1.89. The normalized spacial score (nSPS) is 16.9.